The Morgan fingerprint density at radius 2 is 1.21 bits per heavy atom. The van der Waals surface area contributed by atoms with Crippen molar-refractivity contribution in [1.82, 2.24) is 0 Å². The Balaban J connectivity index is 1.95. The Bertz CT molecular complexity index is 967. The second kappa shape index (κ2) is 6.88. The van der Waals surface area contributed by atoms with E-state index in [-0.39, 0.29) is 17.4 Å². The molecular weight excluding hydrogens is 360 g/mol. The normalized spacial score (nSPS) is 12.5. The van der Waals surface area contributed by atoms with Gasteiger partial charge in [0.05, 0.1) is 21.3 Å². The van der Waals surface area contributed by atoms with E-state index in [1.807, 2.05) is 24.3 Å². The second-order valence-electron chi connectivity index (χ2n) is 6.43. The molecule has 6 heteroatoms. The largest absolute Gasteiger partial charge is 0.504 e. The van der Waals surface area contributed by atoms with Crippen LogP contribution < -0.4 is 18.9 Å². The highest BCUT2D eigenvalue weighted by Gasteiger charge is 2.31. The van der Waals surface area contributed by atoms with Gasteiger partial charge in [-0.1, -0.05) is 12.1 Å². The maximum absolute atomic E-state index is 10.3. The highest BCUT2D eigenvalue weighted by molar-refractivity contribution is 5.65. The first-order valence-electron chi connectivity index (χ1n) is 8.69. The van der Waals surface area contributed by atoms with Crippen LogP contribution in [0.15, 0.2) is 48.5 Å². The molecule has 0 spiro atoms. The number of ether oxygens (including phenoxy) is 4. The summed E-state index contributed by atoms with van der Waals surface area (Å²) in [6.45, 7) is 0. The van der Waals surface area contributed by atoms with Crippen LogP contribution in [0, 0.1) is 0 Å². The number of hydrogen-bond donors (Lipinski definition) is 2. The van der Waals surface area contributed by atoms with Crippen LogP contribution in [0.1, 0.15) is 22.6 Å². The standard InChI is InChI=1S/C22H20O6/c1-25-13-6-4-12(5-7-13)22-14-8-16(23)20(26-2)10-18(14)28-19-11-21(27-3)17(24)9-15(19)22/h4-11,22-24H,1-3H3. The van der Waals surface area contributed by atoms with Crippen molar-refractivity contribution in [3.8, 4) is 40.2 Å². The lowest BCUT2D eigenvalue weighted by atomic mass is 9.82. The molecule has 6 nitrogen and oxygen atoms in total. The maximum atomic E-state index is 10.3. The summed E-state index contributed by atoms with van der Waals surface area (Å²) in [6.07, 6.45) is 0. The lowest BCUT2D eigenvalue weighted by molar-refractivity contribution is 0.360. The molecule has 0 saturated carbocycles. The molecule has 0 atom stereocenters. The fourth-order valence-electron chi connectivity index (χ4n) is 3.53. The molecule has 28 heavy (non-hydrogen) atoms. The van der Waals surface area contributed by atoms with Gasteiger partial charge >= 0.3 is 0 Å². The van der Waals surface area contributed by atoms with Gasteiger partial charge < -0.3 is 29.2 Å². The first-order valence-corrected chi connectivity index (χ1v) is 8.69. The molecule has 0 fully saturated rings. The summed E-state index contributed by atoms with van der Waals surface area (Å²) in [7, 11) is 4.59. The quantitative estimate of drug-likeness (QED) is 0.546. The summed E-state index contributed by atoms with van der Waals surface area (Å²) in [5.74, 6) is 2.29. The van der Waals surface area contributed by atoms with E-state index >= 15 is 0 Å². The first kappa shape index (κ1) is 17.9. The summed E-state index contributed by atoms with van der Waals surface area (Å²) < 4.78 is 21.8. The maximum Gasteiger partial charge on any atom is 0.164 e. The van der Waals surface area contributed by atoms with Crippen molar-refractivity contribution in [1.29, 1.82) is 0 Å². The molecule has 0 unspecified atom stereocenters. The summed E-state index contributed by atoms with van der Waals surface area (Å²) in [4.78, 5) is 0. The zero-order valence-electron chi connectivity index (χ0n) is 15.7. The van der Waals surface area contributed by atoms with Gasteiger partial charge in [-0.2, -0.15) is 0 Å². The third-order valence-electron chi connectivity index (χ3n) is 4.91. The van der Waals surface area contributed by atoms with E-state index in [0.29, 0.717) is 23.0 Å². The van der Waals surface area contributed by atoms with Gasteiger partial charge in [0.2, 0.25) is 0 Å². The van der Waals surface area contributed by atoms with E-state index in [1.54, 1.807) is 31.4 Å². The van der Waals surface area contributed by atoms with Gasteiger partial charge in [-0.3, -0.25) is 0 Å². The SMILES string of the molecule is COc1ccc(C2c3cc(O)c(OC)cc3Oc3cc(OC)c(O)cc32)cc1. The van der Waals surface area contributed by atoms with Gasteiger partial charge in [0, 0.05) is 29.2 Å². The molecule has 3 aromatic carbocycles. The Labute approximate surface area is 162 Å². The Morgan fingerprint density at radius 3 is 1.64 bits per heavy atom. The second-order valence-corrected chi connectivity index (χ2v) is 6.43. The van der Waals surface area contributed by atoms with Gasteiger partial charge in [-0.25, -0.2) is 0 Å². The van der Waals surface area contributed by atoms with E-state index in [9.17, 15) is 10.2 Å². The van der Waals surface area contributed by atoms with Crippen LogP contribution in [0.5, 0.6) is 40.2 Å². The number of phenols is 2. The molecule has 1 heterocycles. The lowest BCUT2D eigenvalue weighted by Gasteiger charge is -2.30. The van der Waals surface area contributed by atoms with Gasteiger partial charge in [0.15, 0.2) is 23.0 Å². The van der Waals surface area contributed by atoms with Crippen LogP contribution >= 0.6 is 0 Å². The predicted molar refractivity (Wildman–Crippen MR) is 103 cm³/mol. The van der Waals surface area contributed by atoms with Crippen LogP contribution in [0.4, 0.5) is 0 Å². The lowest BCUT2D eigenvalue weighted by Crippen LogP contribution is -2.12. The van der Waals surface area contributed by atoms with Crippen LogP contribution in [0.25, 0.3) is 0 Å². The Kier molecular flexibility index (Phi) is 4.39. The number of benzene rings is 3. The third kappa shape index (κ3) is 2.83. The summed E-state index contributed by atoms with van der Waals surface area (Å²) >= 11 is 0. The molecule has 0 saturated heterocycles. The van der Waals surface area contributed by atoms with Crippen molar-refractivity contribution in [2.75, 3.05) is 21.3 Å². The average molecular weight is 380 g/mol. The zero-order chi connectivity index (χ0) is 19.8. The molecular formula is C22H20O6. The number of fused-ring (bicyclic) bond motifs is 2. The number of methoxy groups -OCH3 is 3. The highest BCUT2D eigenvalue weighted by atomic mass is 16.5. The summed E-state index contributed by atoms with van der Waals surface area (Å²) in [6, 6.07) is 14.2. The Morgan fingerprint density at radius 1 is 0.714 bits per heavy atom. The van der Waals surface area contributed by atoms with Crippen molar-refractivity contribution in [2.24, 2.45) is 0 Å². The van der Waals surface area contributed by atoms with Crippen molar-refractivity contribution in [3.63, 3.8) is 0 Å². The molecule has 144 valence electrons. The van der Waals surface area contributed by atoms with Crippen LogP contribution in [0.2, 0.25) is 0 Å². The highest BCUT2D eigenvalue weighted by Crippen LogP contribution is 2.52. The summed E-state index contributed by atoms with van der Waals surface area (Å²) in [5.41, 5.74) is 2.49. The minimum atomic E-state index is -0.265. The fraction of sp³-hybridized carbons (Fsp3) is 0.182. The molecule has 0 aliphatic carbocycles. The molecule has 0 amide bonds. The molecule has 0 radical (unpaired) electrons. The van der Waals surface area contributed by atoms with Crippen LogP contribution in [0.3, 0.4) is 0 Å². The average Bonchev–Trinajstić information content (AvgIpc) is 2.71. The number of phenolic OH excluding ortho intramolecular Hbond substituents is 2. The van der Waals surface area contributed by atoms with Gasteiger partial charge in [0.25, 0.3) is 0 Å². The number of hydrogen-bond acceptors (Lipinski definition) is 6. The summed E-state index contributed by atoms with van der Waals surface area (Å²) in [5, 5.41) is 20.7. The monoisotopic (exact) mass is 380 g/mol. The van der Waals surface area contributed by atoms with E-state index in [4.69, 9.17) is 18.9 Å². The molecule has 3 aromatic rings. The van der Waals surface area contributed by atoms with E-state index in [0.717, 1.165) is 22.4 Å². The van der Waals surface area contributed by atoms with E-state index in [2.05, 4.69) is 0 Å². The minimum absolute atomic E-state index is 0.0181. The first-order chi connectivity index (χ1) is 13.5. The van der Waals surface area contributed by atoms with Crippen molar-refractivity contribution in [2.45, 2.75) is 5.92 Å². The molecule has 2 N–H and O–H groups in total. The van der Waals surface area contributed by atoms with Gasteiger partial charge in [-0.05, 0) is 29.8 Å². The molecule has 1 aliphatic heterocycles. The van der Waals surface area contributed by atoms with Gasteiger partial charge in [0.1, 0.15) is 17.2 Å². The Hall–Kier alpha value is -3.54. The topological polar surface area (TPSA) is 77.4 Å². The number of rotatable bonds is 4. The smallest absolute Gasteiger partial charge is 0.164 e. The van der Waals surface area contributed by atoms with E-state index < -0.39 is 0 Å². The van der Waals surface area contributed by atoms with Crippen LogP contribution in [-0.2, 0) is 0 Å². The van der Waals surface area contributed by atoms with Gasteiger partial charge in [-0.15, -0.1) is 0 Å². The van der Waals surface area contributed by atoms with Crippen molar-refractivity contribution < 1.29 is 29.2 Å². The number of aromatic hydroxyl groups is 2. The molecule has 0 bridgehead atoms. The zero-order valence-corrected chi connectivity index (χ0v) is 15.7. The third-order valence-corrected chi connectivity index (χ3v) is 4.91. The molecule has 4 rings (SSSR count). The van der Waals surface area contributed by atoms with Crippen LogP contribution in [-0.4, -0.2) is 31.5 Å². The predicted octanol–water partition coefficient (Wildman–Crippen LogP) is 4.41. The molecule has 0 aromatic heterocycles. The molecule has 1 aliphatic rings. The van der Waals surface area contributed by atoms with Crippen molar-refractivity contribution in [3.05, 3.63) is 65.2 Å². The van der Waals surface area contributed by atoms with Crippen molar-refractivity contribution >= 4 is 0 Å². The minimum Gasteiger partial charge on any atom is -0.504 e. The fourth-order valence-corrected chi connectivity index (χ4v) is 3.53. The van der Waals surface area contributed by atoms with E-state index in [1.165, 1.54) is 14.2 Å².